The number of nitrogens with one attached hydrogen (secondary N) is 2. The van der Waals surface area contributed by atoms with Crippen molar-refractivity contribution in [1.82, 2.24) is 14.9 Å². The van der Waals surface area contributed by atoms with Gasteiger partial charge in [-0.25, -0.2) is 22.9 Å². The quantitative estimate of drug-likeness (QED) is 0.287. The number of hydrogen-bond acceptors (Lipinski definition) is 6. The van der Waals surface area contributed by atoms with Gasteiger partial charge in [0.2, 0.25) is 5.43 Å². The van der Waals surface area contributed by atoms with Gasteiger partial charge in [-0.2, -0.15) is 26.3 Å². The average molecular weight is 627 g/mol. The van der Waals surface area contributed by atoms with Gasteiger partial charge in [-0.05, 0) is 37.8 Å². The van der Waals surface area contributed by atoms with Gasteiger partial charge in [-0.3, -0.25) is 14.2 Å². The van der Waals surface area contributed by atoms with Crippen molar-refractivity contribution in [3.63, 3.8) is 0 Å². The number of alkyl halides is 6. The van der Waals surface area contributed by atoms with E-state index in [0.29, 0.717) is 22.9 Å². The van der Waals surface area contributed by atoms with Crippen molar-refractivity contribution in [3.05, 3.63) is 63.7 Å². The Balaban J connectivity index is 0.000000646. The molecule has 2 heterocycles. The zero-order chi connectivity index (χ0) is 32.4. The molecule has 1 aliphatic carbocycles. The third-order valence-corrected chi connectivity index (χ3v) is 5.90. The highest BCUT2D eigenvalue weighted by atomic mass is 19.4. The maximum atomic E-state index is 14.7. The third-order valence-electron chi connectivity index (χ3n) is 5.90. The van der Waals surface area contributed by atoms with Crippen LogP contribution in [0.15, 0.2) is 35.3 Å². The van der Waals surface area contributed by atoms with Crippen molar-refractivity contribution in [2.24, 2.45) is 11.7 Å². The fourth-order valence-corrected chi connectivity index (χ4v) is 3.78. The lowest BCUT2D eigenvalue weighted by Gasteiger charge is -2.22. The van der Waals surface area contributed by atoms with Crippen LogP contribution in [0.1, 0.15) is 30.1 Å². The van der Waals surface area contributed by atoms with Gasteiger partial charge in [0.25, 0.3) is 5.91 Å². The molecule has 1 aliphatic rings. The summed E-state index contributed by atoms with van der Waals surface area (Å²) < 4.78 is 116. The van der Waals surface area contributed by atoms with E-state index >= 15 is 0 Å². The summed E-state index contributed by atoms with van der Waals surface area (Å²) in [6.45, 7) is 1.95. The van der Waals surface area contributed by atoms with Crippen LogP contribution in [-0.2, 0) is 4.79 Å². The molecule has 1 amide bonds. The van der Waals surface area contributed by atoms with Gasteiger partial charge in [0, 0.05) is 30.9 Å². The Morgan fingerprint density at radius 3 is 2.12 bits per heavy atom. The molecule has 0 saturated heterocycles. The first-order valence-corrected chi connectivity index (χ1v) is 12.2. The Hall–Kier alpha value is -4.35. The topological polar surface area (TPSA) is 139 Å². The Labute approximate surface area is 235 Å². The summed E-state index contributed by atoms with van der Waals surface area (Å²) in [4.78, 5) is 39.0. The monoisotopic (exact) mass is 627 g/mol. The number of anilines is 1. The summed E-state index contributed by atoms with van der Waals surface area (Å²) in [6, 6.07) is 0.841. The minimum Gasteiger partial charge on any atom is -0.475 e. The average Bonchev–Trinajstić information content (AvgIpc) is 3.70. The smallest absolute Gasteiger partial charge is 0.475 e. The Morgan fingerprint density at radius 1 is 1.09 bits per heavy atom. The van der Waals surface area contributed by atoms with Crippen LogP contribution in [0.4, 0.5) is 45.3 Å². The van der Waals surface area contributed by atoms with E-state index in [0.717, 1.165) is 0 Å². The summed E-state index contributed by atoms with van der Waals surface area (Å²) in [5.74, 6) is -8.78. The maximum absolute atomic E-state index is 14.7. The van der Waals surface area contributed by atoms with E-state index in [2.05, 4.69) is 10.3 Å². The van der Waals surface area contributed by atoms with Gasteiger partial charge in [0.1, 0.15) is 28.9 Å². The molecule has 18 heteroatoms. The zero-order valence-electron chi connectivity index (χ0n) is 21.8. The number of benzene rings is 1. The molecule has 2 aromatic heterocycles. The lowest BCUT2D eigenvalue weighted by Crippen LogP contribution is -2.48. The number of pyridine rings is 2. The third kappa shape index (κ3) is 8.14. The molecule has 0 spiro atoms. The lowest BCUT2D eigenvalue weighted by atomic mass is 10.1. The molecule has 234 valence electrons. The van der Waals surface area contributed by atoms with Gasteiger partial charge < -0.3 is 21.5 Å². The normalized spacial score (nSPS) is 14.9. The number of rotatable bonds is 7. The van der Waals surface area contributed by atoms with Crippen molar-refractivity contribution in [2.75, 3.05) is 11.9 Å². The molecule has 9 nitrogen and oxygen atoms in total. The van der Waals surface area contributed by atoms with Crippen LogP contribution in [0, 0.1) is 23.4 Å². The van der Waals surface area contributed by atoms with E-state index in [1.54, 1.807) is 6.92 Å². The van der Waals surface area contributed by atoms with Crippen molar-refractivity contribution < 1.29 is 54.2 Å². The van der Waals surface area contributed by atoms with Crippen LogP contribution < -0.4 is 21.8 Å². The molecule has 0 bridgehead atoms. The van der Waals surface area contributed by atoms with Crippen molar-refractivity contribution in [1.29, 1.82) is 0 Å². The van der Waals surface area contributed by atoms with Gasteiger partial charge in [0.15, 0.2) is 17.3 Å². The van der Waals surface area contributed by atoms with Crippen LogP contribution in [0.5, 0.6) is 0 Å². The van der Waals surface area contributed by atoms with E-state index in [4.69, 9.17) is 15.6 Å². The highest BCUT2D eigenvalue weighted by molar-refractivity contribution is 5.97. The summed E-state index contributed by atoms with van der Waals surface area (Å²) in [6.07, 6.45) is -8.65. The molecule has 4 rings (SSSR count). The number of nitrogens with two attached hydrogens (primary N) is 1. The molecular formula is C25H22F9N5O4. The number of carbonyl (C=O) groups excluding carboxylic acids is 1. The summed E-state index contributed by atoms with van der Waals surface area (Å²) >= 11 is 0. The molecule has 0 radical (unpaired) electrons. The molecule has 3 aromatic rings. The number of fused-ring (bicyclic) bond motifs is 1. The van der Waals surface area contributed by atoms with Crippen LogP contribution >= 0.6 is 0 Å². The predicted molar refractivity (Wildman–Crippen MR) is 133 cm³/mol. The number of carboxylic acid groups (broad SMARTS) is 1. The number of hydrogen-bond donors (Lipinski definition) is 4. The minimum absolute atomic E-state index is 0.166. The molecule has 1 aromatic carbocycles. The fourth-order valence-electron chi connectivity index (χ4n) is 3.78. The van der Waals surface area contributed by atoms with E-state index in [1.807, 2.05) is 5.32 Å². The second kappa shape index (κ2) is 12.5. The van der Waals surface area contributed by atoms with Gasteiger partial charge >= 0.3 is 18.3 Å². The van der Waals surface area contributed by atoms with Crippen LogP contribution in [0.25, 0.3) is 16.7 Å². The highest BCUT2D eigenvalue weighted by Crippen LogP contribution is 2.40. The summed E-state index contributed by atoms with van der Waals surface area (Å²) in [5.41, 5.74) is 2.72. The first-order valence-electron chi connectivity index (χ1n) is 12.2. The molecule has 0 unspecified atom stereocenters. The van der Waals surface area contributed by atoms with Gasteiger partial charge in [-0.1, -0.05) is 0 Å². The SMILES string of the molecule is C[C@@H](N)CNc1ccc2c(=O)c(C(=O)N[C@@H](C3CC3)C(F)(F)F)cn(-c3c(F)cc(F)cc3F)c2n1.O=C(O)C(F)(F)F. The summed E-state index contributed by atoms with van der Waals surface area (Å²) in [5, 5.41) is 11.5. The number of carboxylic acids is 1. The van der Waals surface area contributed by atoms with Crippen LogP contribution in [0.2, 0.25) is 0 Å². The Bertz CT molecular complexity index is 1560. The number of nitrogens with zero attached hydrogens (tertiary/aromatic N) is 2. The molecule has 5 N–H and O–H groups in total. The van der Waals surface area contributed by atoms with E-state index in [9.17, 15) is 49.1 Å². The maximum Gasteiger partial charge on any atom is 0.490 e. The van der Waals surface area contributed by atoms with E-state index in [-0.39, 0.29) is 42.3 Å². The molecule has 1 saturated carbocycles. The zero-order valence-corrected chi connectivity index (χ0v) is 21.8. The number of aromatic nitrogens is 2. The van der Waals surface area contributed by atoms with Crippen molar-refractivity contribution in [3.8, 4) is 5.69 Å². The van der Waals surface area contributed by atoms with E-state index < -0.39 is 70.3 Å². The minimum atomic E-state index is -5.08. The Morgan fingerprint density at radius 2 is 1.65 bits per heavy atom. The number of carbonyl (C=O) groups is 2. The van der Waals surface area contributed by atoms with Gasteiger partial charge in [0.05, 0.1) is 5.39 Å². The largest absolute Gasteiger partial charge is 0.490 e. The van der Waals surface area contributed by atoms with E-state index in [1.165, 1.54) is 12.1 Å². The number of amides is 1. The van der Waals surface area contributed by atoms with Crippen LogP contribution in [0.3, 0.4) is 0 Å². The van der Waals surface area contributed by atoms with Crippen LogP contribution in [-0.4, -0.2) is 57.5 Å². The number of aliphatic carboxylic acids is 1. The number of halogens is 9. The second-order valence-electron chi connectivity index (χ2n) is 9.52. The predicted octanol–water partition coefficient (Wildman–Crippen LogP) is 4.27. The fraction of sp³-hybridized carbons (Fsp3) is 0.360. The first kappa shape index (κ1) is 33.2. The molecule has 2 atom stereocenters. The lowest BCUT2D eigenvalue weighted by molar-refractivity contribution is -0.192. The molecule has 0 aliphatic heterocycles. The summed E-state index contributed by atoms with van der Waals surface area (Å²) in [7, 11) is 0. The second-order valence-corrected chi connectivity index (χ2v) is 9.52. The first-order chi connectivity index (χ1) is 19.8. The molecule has 43 heavy (non-hydrogen) atoms. The Kier molecular flexibility index (Phi) is 9.63. The van der Waals surface area contributed by atoms with Crippen molar-refractivity contribution in [2.45, 2.75) is 44.2 Å². The van der Waals surface area contributed by atoms with Gasteiger partial charge in [-0.15, -0.1) is 0 Å². The highest BCUT2D eigenvalue weighted by Gasteiger charge is 2.50. The standard InChI is InChI=1S/C23H21F6N5O2.C2HF3O2/c1-10(30)8-31-17-5-4-13-19(35)14(22(36)33-20(11-2-3-11)23(27,28)29)9-34(21(13)32-17)18-15(25)6-12(24)7-16(18)26;3-2(4,5)1(6)7/h4-7,9-11,20H,2-3,8,30H2,1H3,(H,31,32)(H,33,36);(H,6,7)/t10-,20+;/m1./s1. The van der Waals surface area contributed by atoms with Crippen molar-refractivity contribution >= 4 is 28.7 Å². The molecular weight excluding hydrogens is 605 g/mol. The molecule has 1 fully saturated rings.